The van der Waals surface area contributed by atoms with Gasteiger partial charge in [-0.2, -0.15) is 0 Å². The van der Waals surface area contributed by atoms with Crippen LogP contribution in [0.3, 0.4) is 0 Å². The highest BCUT2D eigenvalue weighted by atomic mass is 16.5. The second-order valence-corrected chi connectivity index (χ2v) is 17.6. The number of methoxy groups -OCH3 is 2. The molecule has 2 bridgehead atoms. The van der Waals surface area contributed by atoms with E-state index in [1.54, 1.807) is 14.2 Å². The molecule has 6 aliphatic rings. The monoisotopic (exact) mass is 779 g/mol. The van der Waals surface area contributed by atoms with Crippen LogP contribution in [0, 0.1) is 11.3 Å². The van der Waals surface area contributed by atoms with Gasteiger partial charge in [-0.1, -0.05) is 44.2 Å². The molecular weight excluding hydrogens is 727 g/mol. The highest BCUT2D eigenvalue weighted by Gasteiger charge is 2.78. The van der Waals surface area contributed by atoms with Crippen LogP contribution in [0.1, 0.15) is 68.3 Å². The number of aromatic nitrogens is 1. The molecule has 1 aliphatic carbocycles. The number of benzene rings is 2. The van der Waals surface area contributed by atoms with Crippen LogP contribution in [-0.2, 0) is 31.6 Å². The van der Waals surface area contributed by atoms with Crippen LogP contribution in [0.2, 0.25) is 0 Å². The van der Waals surface area contributed by atoms with Crippen molar-refractivity contribution < 1.29 is 34.4 Å². The smallest absolute Gasteiger partial charge is 0.322 e. The average Bonchev–Trinajstić information content (AvgIpc) is 3.88. The number of nitrogens with zero attached hydrogens (tertiary/aromatic N) is 6. The maximum absolute atomic E-state index is 15.2. The predicted molar refractivity (Wildman–Crippen MR) is 213 cm³/mol. The Labute approximate surface area is 332 Å². The number of rotatable bonds is 6. The first-order valence-electron chi connectivity index (χ1n) is 20.3. The maximum Gasteiger partial charge on any atom is 0.322 e. The first kappa shape index (κ1) is 38.1. The molecule has 1 amide bonds. The quantitative estimate of drug-likeness (QED) is 0.0934. The summed E-state index contributed by atoms with van der Waals surface area (Å²) in [5.74, 6) is -1.28. The number of hydrogen-bond acceptors (Lipinski definition) is 10. The number of esters is 1. The van der Waals surface area contributed by atoms with Gasteiger partial charge in [0.15, 0.2) is 5.60 Å². The van der Waals surface area contributed by atoms with Crippen molar-refractivity contribution in [2.75, 3.05) is 58.9 Å². The van der Waals surface area contributed by atoms with Crippen molar-refractivity contribution in [3.05, 3.63) is 81.4 Å². The van der Waals surface area contributed by atoms with E-state index in [0.29, 0.717) is 88.2 Å². The number of hydrogen-bond donors (Lipinski definition) is 4. The lowest BCUT2D eigenvalue weighted by Crippen LogP contribution is -2.80. The number of likely N-dealkylation sites (N-methyl/N-ethyl adjacent to an activating group) is 1. The number of nitrogens with one attached hydrogen (secondary N) is 1. The van der Waals surface area contributed by atoms with Crippen molar-refractivity contribution in [1.29, 1.82) is 0 Å². The summed E-state index contributed by atoms with van der Waals surface area (Å²) < 4.78 is 12.2. The number of H-pyrrole nitrogens is 1. The number of aliphatic hydroxyl groups excluding tert-OH is 1. The summed E-state index contributed by atoms with van der Waals surface area (Å²) >= 11 is 0. The van der Waals surface area contributed by atoms with Gasteiger partial charge in [0.2, 0.25) is 0 Å². The van der Waals surface area contributed by atoms with E-state index < -0.39 is 51.5 Å². The standard InChI is InChI=1S/C43H53N7O7/c1-6-39(54)21-25-22-42(38(53)57-5,33-27(13-17-49(23-25)24-39)26-11-8-9-12-30(26)45-33)29-19-28-31(20-32(29)56-4)48(3)35-41(28)15-18-50-16-10-14-40(7-2,34(41)50)36(51)43(35,55)37(52)46-47-44/h8-12,14,19-20,25,34-36,45,51,54-55H,6-7,13,15-18,21-24H2,1-5H3/t25?,34?,35?,36-,39?,40-,41?,42+,43+/m1/s1. The van der Waals surface area contributed by atoms with E-state index in [9.17, 15) is 25.6 Å². The number of piperidine rings is 1. The fourth-order valence-electron chi connectivity index (χ4n) is 13.1. The fourth-order valence-corrected chi connectivity index (χ4v) is 13.1. The summed E-state index contributed by atoms with van der Waals surface area (Å²) in [5, 5.41) is 41.7. The summed E-state index contributed by atoms with van der Waals surface area (Å²) in [6.07, 6.45) is 5.30. The second kappa shape index (κ2) is 13.0. The third-order valence-corrected chi connectivity index (χ3v) is 15.3. The van der Waals surface area contributed by atoms with Crippen LogP contribution in [0.15, 0.2) is 53.7 Å². The zero-order valence-electron chi connectivity index (χ0n) is 33.4. The molecule has 2 aromatic carbocycles. The third-order valence-electron chi connectivity index (χ3n) is 15.3. The minimum atomic E-state index is -2.49. The Bertz CT molecular complexity index is 2250. The van der Waals surface area contributed by atoms with Gasteiger partial charge in [-0.15, -0.1) is 0 Å². The molecule has 5 unspecified atom stereocenters. The number of carbonyl (C=O) groups is 2. The fraction of sp³-hybridized carbons (Fsp3) is 0.581. The molecule has 3 aromatic rings. The summed E-state index contributed by atoms with van der Waals surface area (Å²) in [4.78, 5) is 42.4. The Morgan fingerprint density at radius 3 is 2.58 bits per heavy atom. The third kappa shape index (κ3) is 4.79. The Hall–Kier alpha value is -4.43. The van der Waals surface area contributed by atoms with Crippen LogP contribution in [0.5, 0.6) is 5.75 Å². The van der Waals surface area contributed by atoms with E-state index in [1.807, 2.05) is 55.2 Å². The van der Waals surface area contributed by atoms with Crippen LogP contribution in [0.25, 0.3) is 21.3 Å². The Morgan fingerprint density at radius 1 is 1.07 bits per heavy atom. The number of ether oxygens (including phenoxy) is 2. The summed E-state index contributed by atoms with van der Waals surface area (Å²) in [7, 11) is 4.79. The van der Waals surface area contributed by atoms with Gasteiger partial charge < -0.3 is 34.7 Å². The lowest BCUT2D eigenvalue weighted by atomic mass is 9.47. The molecular formula is C43H53N7O7. The molecule has 14 nitrogen and oxygen atoms in total. The van der Waals surface area contributed by atoms with Gasteiger partial charge in [0.05, 0.1) is 25.9 Å². The molecule has 57 heavy (non-hydrogen) atoms. The average molecular weight is 780 g/mol. The molecule has 14 heteroatoms. The van der Waals surface area contributed by atoms with E-state index >= 15 is 4.79 Å². The predicted octanol–water partition coefficient (Wildman–Crippen LogP) is 4.08. The lowest BCUT2D eigenvalue weighted by molar-refractivity contribution is -0.201. The molecule has 4 N–H and O–H groups in total. The summed E-state index contributed by atoms with van der Waals surface area (Å²) in [5.41, 5.74) is 7.34. The van der Waals surface area contributed by atoms with Crippen LogP contribution >= 0.6 is 0 Å². The zero-order valence-corrected chi connectivity index (χ0v) is 33.4. The topological polar surface area (TPSA) is 188 Å². The molecule has 3 fully saturated rings. The minimum Gasteiger partial charge on any atom is -0.496 e. The van der Waals surface area contributed by atoms with Crippen LogP contribution < -0.4 is 9.64 Å². The van der Waals surface area contributed by atoms with E-state index in [0.717, 1.165) is 27.7 Å². The largest absolute Gasteiger partial charge is 0.496 e. The molecule has 9 rings (SSSR count). The number of azide groups is 1. The van der Waals surface area contributed by atoms with Gasteiger partial charge in [0, 0.05) is 88.9 Å². The van der Waals surface area contributed by atoms with Crippen molar-refractivity contribution in [3.8, 4) is 5.75 Å². The first-order chi connectivity index (χ1) is 27.3. The number of amides is 1. The number of fused-ring (bicyclic) bond motifs is 6. The second-order valence-electron chi connectivity index (χ2n) is 17.6. The van der Waals surface area contributed by atoms with Crippen molar-refractivity contribution >= 4 is 28.5 Å². The molecule has 5 aliphatic heterocycles. The van der Waals surface area contributed by atoms with E-state index in [2.05, 4.69) is 36.9 Å². The number of para-hydroxylation sites is 1. The Kier molecular flexibility index (Phi) is 8.72. The highest BCUT2D eigenvalue weighted by molar-refractivity contribution is 5.95. The van der Waals surface area contributed by atoms with E-state index in [-0.39, 0.29) is 12.0 Å². The lowest BCUT2D eigenvalue weighted by Gasteiger charge is -2.63. The number of anilines is 1. The van der Waals surface area contributed by atoms with Gasteiger partial charge in [0.25, 0.3) is 5.91 Å². The van der Waals surface area contributed by atoms with Crippen molar-refractivity contribution in [1.82, 2.24) is 14.8 Å². The van der Waals surface area contributed by atoms with Gasteiger partial charge in [-0.3, -0.25) is 19.4 Å². The number of aromatic amines is 1. The Balaban J connectivity index is 1.37. The summed E-state index contributed by atoms with van der Waals surface area (Å²) in [6.45, 7) is 7.16. The SMILES string of the molecule is CCC1(O)CC2C[N@](CCc3c([nH]c4ccccc34)[C@@](C(=O)OC)(c3cc4c(cc3OC)N(C)C3C45CCN4CC=C[C@](CC)(C45)[C@@H](O)[C@]3(O)C(=O)N=[N+]=[N-])C2)C1. The normalized spacial score (nSPS) is 37.8. The zero-order chi connectivity index (χ0) is 40.3. The number of aliphatic hydroxyl groups is 3. The van der Waals surface area contributed by atoms with Crippen LogP contribution in [-0.4, -0.2) is 125 Å². The van der Waals surface area contributed by atoms with Gasteiger partial charge in [-0.05, 0) is 84.9 Å². The minimum absolute atomic E-state index is 0.110. The number of carbonyl (C=O) groups excluding carboxylic acids is 2. The first-order valence-corrected chi connectivity index (χ1v) is 20.3. The van der Waals surface area contributed by atoms with E-state index in [1.165, 1.54) is 7.11 Å². The molecule has 302 valence electrons. The van der Waals surface area contributed by atoms with Crippen molar-refractivity contribution in [2.24, 2.45) is 16.4 Å². The van der Waals surface area contributed by atoms with Crippen LogP contribution in [0.4, 0.5) is 5.69 Å². The van der Waals surface area contributed by atoms with Crippen molar-refractivity contribution in [3.63, 3.8) is 0 Å². The molecule has 0 radical (unpaired) electrons. The maximum atomic E-state index is 15.2. The molecule has 1 aromatic heterocycles. The molecule has 2 saturated heterocycles. The van der Waals surface area contributed by atoms with E-state index in [4.69, 9.17) is 9.47 Å². The molecule has 10 atom stereocenters. The van der Waals surface area contributed by atoms with Crippen molar-refractivity contribution in [2.45, 2.75) is 92.6 Å². The Morgan fingerprint density at radius 2 is 1.86 bits per heavy atom. The molecule has 6 heterocycles. The van der Waals surface area contributed by atoms with Gasteiger partial charge in [-0.25, -0.2) is 0 Å². The van der Waals surface area contributed by atoms with Gasteiger partial charge >= 0.3 is 5.97 Å². The van der Waals surface area contributed by atoms with Gasteiger partial charge in [0.1, 0.15) is 17.3 Å². The molecule has 1 saturated carbocycles. The summed E-state index contributed by atoms with van der Waals surface area (Å²) in [6, 6.07) is 10.6. The molecule has 1 spiro atoms. The highest BCUT2D eigenvalue weighted by Crippen LogP contribution is 2.67.